The summed E-state index contributed by atoms with van der Waals surface area (Å²) in [6, 6.07) is 9.89. The highest BCUT2D eigenvalue weighted by Gasteiger charge is 2.25. The maximum Gasteiger partial charge on any atom is 0.254 e. The molecule has 1 aromatic heterocycles. The van der Waals surface area contributed by atoms with Gasteiger partial charge in [-0.3, -0.25) is 4.79 Å². The maximum atomic E-state index is 13.0. The number of rotatable bonds is 4. The van der Waals surface area contributed by atoms with Gasteiger partial charge >= 0.3 is 0 Å². The van der Waals surface area contributed by atoms with Crippen LogP contribution in [0.5, 0.6) is 0 Å². The third-order valence-corrected chi connectivity index (χ3v) is 6.12. The van der Waals surface area contributed by atoms with Crippen molar-refractivity contribution < 1.29 is 4.79 Å². The fraction of sp³-hybridized carbons (Fsp3) is 0.522. The number of amides is 1. The molecule has 0 saturated carbocycles. The van der Waals surface area contributed by atoms with E-state index >= 15 is 0 Å². The van der Waals surface area contributed by atoms with Gasteiger partial charge in [-0.1, -0.05) is 6.07 Å². The number of aromatic nitrogens is 2. The molecule has 2 aliphatic rings. The van der Waals surface area contributed by atoms with Gasteiger partial charge in [0.05, 0.1) is 0 Å². The van der Waals surface area contributed by atoms with Crippen LogP contribution in [0.4, 0.5) is 17.5 Å². The molecule has 0 N–H and O–H groups in total. The molecule has 0 aliphatic carbocycles. The highest BCUT2D eigenvalue weighted by Crippen LogP contribution is 2.21. The molecule has 166 valence electrons. The van der Waals surface area contributed by atoms with Crippen LogP contribution in [-0.4, -0.2) is 99.2 Å². The van der Waals surface area contributed by atoms with Crippen molar-refractivity contribution in [3.63, 3.8) is 0 Å². The molecule has 2 aromatic rings. The van der Waals surface area contributed by atoms with Crippen LogP contribution < -0.4 is 14.7 Å². The van der Waals surface area contributed by atoms with Crippen molar-refractivity contribution >= 4 is 23.4 Å². The van der Waals surface area contributed by atoms with Crippen LogP contribution in [0.1, 0.15) is 16.1 Å². The molecule has 1 aromatic carbocycles. The zero-order chi connectivity index (χ0) is 22.0. The molecule has 0 bridgehead atoms. The second kappa shape index (κ2) is 9.09. The van der Waals surface area contributed by atoms with Crippen LogP contribution >= 0.6 is 0 Å². The summed E-state index contributed by atoms with van der Waals surface area (Å²) < 4.78 is 0. The monoisotopic (exact) mass is 423 g/mol. The van der Waals surface area contributed by atoms with E-state index in [4.69, 9.17) is 9.97 Å². The fourth-order valence-corrected chi connectivity index (χ4v) is 4.08. The largest absolute Gasteiger partial charge is 0.378 e. The van der Waals surface area contributed by atoms with Gasteiger partial charge in [0.1, 0.15) is 5.82 Å². The molecule has 8 heteroatoms. The van der Waals surface area contributed by atoms with Crippen molar-refractivity contribution in [3.05, 3.63) is 41.6 Å². The van der Waals surface area contributed by atoms with Gasteiger partial charge in [-0.15, -0.1) is 0 Å². The quantitative estimate of drug-likeness (QED) is 0.740. The third kappa shape index (κ3) is 4.90. The smallest absolute Gasteiger partial charge is 0.254 e. The molecule has 0 atom stereocenters. The highest BCUT2D eigenvalue weighted by atomic mass is 16.2. The second-order valence-corrected chi connectivity index (χ2v) is 8.68. The van der Waals surface area contributed by atoms with Crippen molar-refractivity contribution in [2.45, 2.75) is 6.92 Å². The lowest BCUT2D eigenvalue weighted by atomic mass is 10.1. The number of carbonyl (C=O) groups excluding carboxylic acids is 1. The molecule has 31 heavy (non-hydrogen) atoms. The minimum Gasteiger partial charge on any atom is -0.378 e. The summed E-state index contributed by atoms with van der Waals surface area (Å²) >= 11 is 0. The van der Waals surface area contributed by atoms with E-state index in [1.165, 1.54) is 0 Å². The van der Waals surface area contributed by atoms with Crippen molar-refractivity contribution in [1.29, 1.82) is 0 Å². The van der Waals surface area contributed by atoms with Gasteiger partial charge in [-0.25, -0.2) is 4.98 Å². The van der Waals surface area contributed by atoms with Gasteiger partial charge in [0, 0.05) is 89.5 Å². The van der Waals surface area contributed by atoms with E-state index in [0.717, 1.165) is 68.0 Å². The van der Waals surface area contributed by atoms with Crippen molar-refractivity contribution in [1.82, 2.24) is 19.8 Å². The first-order valence-electron chi connectivity index (χ1n) is 11.0. The van der Waals surface area contributed by atoms with Crippen LogP contribution in [0.15, 0.2) is 30.3 Å². The Morgan fingerprint density at radius 1 is 0.903 bits per heavy atom. The lowest BCUT2D eigenvalue weighted by Gasteiger charge is -2.36. The summed E-state index contributed by atoms with van der Waals surface area (Å²) in [5, 5.41) is 0. The molecule has 0 unspecified atom stereocenters. The number of aryl methyl sites for hydroxylation is 1. The van der Waals surface area contributed by atoms with E-state index in [-0.39, 0.29) is 5.91 Å². The van der Waals surface area contributed by atoms with Crippen LogP contribution in [-0.2, 0) is 0 Å². The summed E-state index contributed by atoms with van der Waals surface area (Å²) in [6.45, 7) is 8.93. The summed E-state index contributed by atoms with van der Waals surface area (Å²) in [7, 11) is 6.13. The lowest BCUT2D eigenvalue weighted by molar-refractivity contribution is 0.0746. The first-order valence-corrected chi connectivity index (χ1v) is 11.0. The topological polar surface area (TPSA) is 59.1 Å². The first kappa shape index (κ1) is 21.4. The average Bonchev–Trinajstić information content (AvgIpc) is 2.79. The van der Waals surface area contributed by atoms with E-state index in [9.17, 15) is 4.79 Å². The predicted octanol–water partition coefficient (Wildman–Crippen LogP) is 1.57. The zero-order valence-electron chi connectivity index (χ0n) is 19.1. The number of hydrogen-bond donors (Lipinski definition) is 0. The van der Waals surface area contributed by atoms with Gasteiger partial charge in [-0.05, 0) is 32.2 Å². The molecular formula is C23H33N7O. The summed E-state index contributed by atoms with van der Waals surface area (Å²) in [5.41, 5.74) is 2.76. The normalized spacial score (nSPS) is 17.7. The Morgan fingerprint density at radius 2 is 1.58 bits per heavy atom. The highest BCUT2D eigenvalue weighted by molar-refractivity contribution is 5.95. The molecule has 2 fully saturated rings. The maximum absolute atomic E-state index is 13.0. The van der Waals surface area contributed by atoms with Gasteiger partial charge in [0.15, 0.2) is 0 Å². The van der Waals surface area contributed by atoms with Gasteiger partial charge in [0.25, 0.3) is 5.91 Å². The Kier molecular flexibility index (Phi) is 6.27. The first-order chi connectivity index (χ1) is 14.9. The third-order valence-electron chi connectivity index (χ3n) is 6.12. The summed E-state index contributed by atoms with van der Waals surface area (Å²) in [6.07, 6.45) is 0. The number of benzene rings is 1. The van der Waals surface area contributed by atoms with Crippen molar-refractivity contribution in [3.8, 4) is 0 Å². The Bertz CT molecular complexity index is 916. The minimum atomic E-state index is 0.0895. The Hall–Kier alpha value is -2.87. The van der Waals surface area contributed by atoms with E-state index in [2.05, 4.69) is 27.8 Å². The Balaban J connectivity index is 1.42. The number of nitrogens with zero attached hydrogens (tertiary/aromatic N) is 7. The van der Waals surface area contributed by atoms with Crippen molar-refractivity contribution in [2.75, 3.05) is 88.2 Å². The fourth-order valence-electron chi connectivity index (χ4n) is 4.08. The van der Waals surface area contributed by atoms with E-state index in [0.29, 0.717) is 13.1 Å². The standard InChI is InChI=1S/C23H33N7O/c1-18-16-21(28-10-8-27(4)9-11-28)25-23(24-18)30-14-12-29(13-15-30)22(31)19-6-5-7-20(17-19)26(2)3/h5-7,16-17H,8-15H2,1-4H3. The van der Waals surface area contributed by atoms with E-state index in [1.54, 1.807) is 0 Å². The molecule has 8 nitrogen and oxygen atoms in total. The summed E-state index contributed by atoms with van der Waals surface area (Å²) in [4.78, 5) is 33.4. The molecular weight excluding hydrogens is 390 g/mol. The molecule has 3 heterocycles. The van der Waals surface area contributed by atoms with E-state index in [1.807, 2.05) is 55.1 Å². The van der Waals surface area contributed by atoms with Gasteiger partial charge in [0.2, 0.25) is 5.95 Å². The van der Waals surface area contributed by atoms with Gasteiger partial charge in [-0.2, -0.15) is 4.98 Å². The van der Waals surface area contributed by atoms with E-state index < -0.39 is 0 Å². The van der Waals surface area contributed by atoms with Crippen LogP contribution in [0, 0.1) is 6.92 Å². The molecule has 4 rings (SSSR count). The Morgan fingerprint density at radius 3 is 2.26 bits per heavy atom. The van der Waals surface area contributed by atoms with Crippen molar-refractivity contribution in [2.24, 2.45) is 0 Å². The summed E-state index contributed by atoms with van der Waals surface area (Å²) in [5.74, 6) is 1.87. The van der Waals surface area contributed by atoms with Crippen LogP contribution in [0.2, 0.25) is 0 Å². The predicted molar refractivity (Wildman–Crippen MR) is 125 cm³/mol. The van der Waals surface area contributed by atoms with Crippen LogP contribution in [0.25, 0.3) is 0 Å². The Labute approximate surface area is 185 Å². The lowest BCUT2D eigenvalue weighted by Crippen LogP contribution is -2.49. The van der Waals surface area contributed by atoms with Gasteiger partial charge < -0.3 is 24.5 Å². The molecule has 1 amide bonds. The zero-order valence-corrected chi connectivity index (χ0v) is 19.1. The minimum absolute atomic E-state index is 0.0895. The molecule has 2 saturated heterocycles. The number of carbonyl (C=O) groups is 1. The average molecular weight is 424 g/mol. The molecule has 2 aliphatic heterocycles. The number of likely N-dealkylation sites (N-methyl/N-ethyl adjacent to an activating group) is 1. The number of hydrogen-bond acceptors (Lipinski definition) is 7. The SMILES string of the molecule is Cc1cc(N2CCN(C)CC2)nc(N2CCN(C(=O)c3cccc(N(C)C)c3)CC2)n1. The number of piperazine rings is 2. The molecule has 0 spiro atoms. The number of anilines is 3. The van der Waals surface area contributed by atoms with Crippen LogP contribution in [0.3, 0.4) is 0 Å². The molecule has 0 radical (unpaired) electrons. The second-order valence-electron chi connectivity index (χ2n) is 8.68.